The average Bonchev–Trinajstić information content (AvgIpc) is 3.29. The molecule has 7 nitrogen and oxygen atoms in total. The third kappa shape index (κ3) is 4.25. The molecule has 32 heavy (non-hydrogen) atoms. The van der Waals surface area contributed by atoms with Crippen molar-refractivity contribution in [3.63, 3.8) is 0 Å². The Morgan fingerprint density at radius 3 is 2.69 bits per heavy atom. The molecule has 0 aromatic heterocycles. The molecule has 1 heterocycles. The molecule has 4 rings (SSSR count). The second-order valence-electron chi connectivity index (χ2n) is 6.99. The largest absolute Gasteiger partial charge is 0.454 e. The number of carbonyl (C=O) groups is 2. The molecule has 0 saturated carbocycles. The van der Waals surface area contributed by atoms with E-state index in [-0.39, 0.29) is 18.3 Å². The highest BCUT2D eigenvalue weighted by Gasteiger charge is 2.20. The zero-order chi connectivity index (χ0) is 22.5. The molecule has 0 saturated heterocycles. The molecule has 3 aromatic rings. The van der Waals surface area contributed by atoms with E-state index in [1.54, 1.807) is 23.1 Å². The van der Waals surface area contributed by atoms with Crippen molar-refractivity contribution in [3.8, 4) is 17.6 Å². The lowest BCUT2D eigenvalue weighted by Crippen LogP contribution is -2.34. The van der Waals surface area contributed by atoms with Gasteiger partial charge < -0.3 is 19.1 Å². The number of benzene rings is 3. The monoisotopic (exact) mass is 428 g/mol. The van der Waals surface area contributed by atoms with Crippen molar-refractivity contribution in [2.45, 2.75) is 6.92 Å². The first kappa shape index (κ1) is 20.9. The number of carbonyl (C=O) groups excluding carboxylic acids is 2. The van der Waals surface area contributed by atoms with Gasteiger partial charge >= 0.3 is 5.97 Å². The van der Waals surface area contributed by atoms with E-state index in [1.165, 1.54) is 6.08 Å². The van der Waals surface area contributed by atoms with Gasteiger partial charge in [0.05, 0.1) is 5.69 Å². The normalized spacial score (nSPS) is 12.3. The van der Waals surface area contributed by atoms with E-state index in [9.17, 15) is 14.9 Å². The summed E-state index contributed by atoms with van der Waals surface area (Å²) < 4.78 is 15.7. The molecule has 1 amide bonds. The van der Waals surface area contributed by atoms with E-state index >= 15 is 0 Å². The molecule has 1 aliphatic rings. The molecular weight excluding hydrogens is 408 g/mol. The zero-order valence-corrected chi connectivity index (χ0v) is 17.4. The van der Waals surface area contributed by atoms with Crippen molar-refractivity contribution in [2.75, 3.05) is 24.8 Å². The van der Waals surface area contributed by atoms with Gasteiger partial charge in [-0.05, 0) is 42.1 Å². The summed E-state index contributed by atoms with van der Waals surface area (Å²) in [6.07, 6.45) is 1.39. The Kier molecular flexibility index (Phi) is 6.04. The Hall–Kier alpha value is -4.31. The van der Waals surface area contributed by atoms with Crippen molar-refractivity contribution in [1.82, 2.24) is 0 Å². The minimum atomic E-state index is -0.868. The van der Waals surface area contributed by atoms with Crippen molar-refractivity contribution in [1.29, 1.82) is 5.26 Å². The van der Waals surface area contributed by atoms with Gasteiger partial charge in [-0.3, -0.25) is 4.79 Å². The van der Waals surface area contributed by atoms with Crippen LogP contribution in [0.4, 0.5) is 5.69 Å². The number of fused-ring (bicyclic) bond motifs is 2. The van der Waals surface area contributed by atoms with Gasteiger partial charge in [-0.2, -0.15) is 5.26 Å². The summed E-state index contributed by atoms with van der Waals surface area (Å²) in [7, 11) is 0. The minimum Gasteiger partial charge on any atom is -0.454 e. The van der Waals surface area contributed by atoms with Gasteiger partial charge in [0.15, 0.2) is 18.1 Å². The molecule has 0 spiro atoms. The third-order valence-corrected chi connectivity index (χ3v) is 5.05. The number of likely N-dealkylation sites (N-methyl/N-ethyl adjacent to an activating group) is 1. The summed E-state index contributed by atoms with van der Waals surface area (Å²) in [4.78, 5) is 26.8. The van der Waals surface area contributed by atoms with E-state index in [2.05, 4.69) is 0 Å². The van der Waals surface area contributed by atoms with Gasteiger partial charge in [-0.15, -0.1) is 0 Å². The fourth-order valence-electron chi connectivity index (χ4n) is 3.51. The zero-order valence-electron chi connectivity index (χ0n) is 17.4. The Labute approximate surface area is 185 Å². The first-order valence-electron chi connectivity index (χ1n) is 10.1. The number of amides is 1. The number of hydrogen-bond acceptors (Lipinski definition) is 6. The summed E-state index contributed by atoms with van der Waals surface area (Å²) in [5.74, 6) is -0.111. The van der Waals surface area contributed by atoms with Crippen LogP contribution in [-0.4, -0.2) is 31.8 Å². The summed E-state index contributed by atoms with van der Waals surface area (Å²) in [6.45, 7) is 1.91. The lowest BCUT2D eigenvalue weighted by atomic mass is 10.1. The molecule has 0 unspecified atom stereocenters. The number of anilines is 1. The number of ether oxygens (including phenoxy) is 3. The molecule has 1 aliphatic heterocycles. The Bertz CT molecular complexity index is 1250. The second-order valence-corrected chi connectivity index (χ2v) is 6.99. The first-order valence-corrected chi connectivity index (χ1v) is 10.1. The van der Waals surface area contributed by atoms with Crippen LogP contribution in [0.3, 0.4) is 0 Å². The van der Waals surface area contributed by atoms with Crippen molar-refractivity contribution in [2.24, 2.45) is 0 Å². The summed E-state index contributed by atoms with van der Waals surface area (Å²) in [5.41, 5.74) is 1.10. The molecule has 0 atom stereocenters. The topological polar surface area (TPSA) is 88.9 Å². The summed E-state index contributed by atoms with van der Waals surface area (Å²) >= 11 is 0. The molecule has 160 valence electrons. The number of esters is 1. The van der Waals surface area contributed by atoms with Gasteiger partial charge in [-0.1, -0.05) is 42.5 Å². The fourth-order valence-corrected chi connectivity index (χ4v) is 3.51. The SMILES string of the molecule is CCN(C(=O)COC(=O)/C(C#N)=C/c1ccc2c(c1)OCO2)c1cccc2ccccc12. The maximum atomic E-state index is 12.8. The second kappa shape index (κ2) is 9.23. The lowest BCUT2D eigenvalue weighted by Gasteiger charge is -2.22. The summed E-state index contributed by atoms with van der Waals surface area (Å²) in [6, 6.07) is 20.3. The molecule has 0 aliphatic carbocycles. The standard InChI is InChI=1S/C25H20N2O5/c1-2-27(21-9-5-7-18-6-3-4-8-20(18)21)24(28)15-30-25(29)19(14-26)12-17-10-11-22-23(13-17)32-16-31-22/h3-13H,2,15-16H2,1H3/b19-12+. The van der Waals surface area contributed by atoms with Crippen molar-refractivity contribution < 1.29 is 23.8 Å². The minimum absolute atomic E-state index is 0.127. The molecule has 0 N–H and O–H groups in total. The molecule has 7 heteroatoms. The van der Waals surface area contributed by atoms with Gasteiger partial charge in [0.25, 0.3) is 5.91 Å². The predicted molar refractivity (Wildman–Crippen MR) is 119 cm³/mol. The highest BCUT2D eigenvalue weighted by molar-refractivity contribution is 6.05. The van der Waals surface area contributed by atoms with Gasteiger partial charge in [0.2, 0.25) is 6.79 Å². The van der Waals surface area contributed by atoms with Crippen LogP contribution in [0.5, 0.6) is 11.5 Å². The predicted octanol–water partition coefficient (Wildman–Crippen LogP) is 4.07. The maximum Gasteiger partial charge on any atom is 0.349 e. The van der Waals surface area contributed by atoms with Crippen LogP contribution in [0.25, 0.3) is 16.8 Å². The molecule has 0 bridgehead atoms. The van der Waals surface area contributed by atoms with Crippen molar-refractivity contribution in [3.05, 3.63) is 71.8 Å². The quantitative estimate of drug-likeness (QED) is 0.334. The molecular formula is C25H20N2O5. The van der Waals surface area contributed by atoms with Crippen molar-refractivity contribution >= 4 is 34.4 Å². The number of rotatable bonds is 6. The smallest absolute Gasteiger partial charge is 0.349 e. The van der Waals surface area contributed by atoms with Gasteiger partial charge in [0, 0.05) is 11.9 Å². The Balaban J connectivity index is 1.47. The van der Waals surface area contributed by atoms with E-state index in [1.807, 2.05) is 55.5 Å². The Morgan fingerprint density at radius 2 is 1.88 bits per heavy atom. The number of nitrogens with zero attached hydrogens (tertiary/aromatic N) is 2. The van der Waals surface area contributed by atoms with Crippen LogP contribution >= 0.6 is 0 Å². The van der Waals surface area contributed by atoms with Crippen LogP contribution in [0.15, 0.2) is 66.2 Å². The van der Waals surface area contributed by atoms with Crippen LogP contribution in [0.1, 0.15) is 12.5 Å². The third-order valence-electron chi connectivity index (χ3n) is 5.05. The Morgan fingerprint density at radius 1 is 1.09 bits per heavy atom. The molecule has 0 fully saturated rings. The number of nitriles is 1. The maximum absolute atomic E-state index is 12.8. The van der Waals surface area contributed by atoms with Gasteiger partial charge in [-0.25, -0.2) is 4.79 Å². The van der Waals surface area contributed by atoms with Crippen LogP contribution in [-0.2, 0) is 14.3 Å². The van der Waals surface area contributed by atoms with Gasteiger partial charge in [0.1, 0.15) is 11.6 Å². The van der Waals surface area contributed by atoms with E-state index in [4.69, 9.17) is 14.2 Å². The van der Waals surface area contributed by atoms with E-state index in [0.29, 0.717) is 23.6 Å². The van der Waals surface area contributed by atoms with E-state index < -0.39 is 12.6 Å². The van der Waals surface area contributed by atoms with Crippen LogP contribution < -0.4 is 14.4 Å². The molecule has 0 radical (unpaired) electrons. The van der Waals surface area contributed by atoms with Crippen LogP contribution in [0.2, 0.25) is 0 Å². The summed E-state index contributed by atoms with van der Waals surface area (Å²) in [5, 5.41) is 11.3. The lowest BCUT2D eigenvalue weighted by molar-refractivity contribution is -0.143. The highest BCUT2D eigenvalue weighted by atomic mass is 16.7. The fraction of sp³-hybridized carbons (Fsp3) is 0.160. The number of hydrogen-bond donors (Lipinski definition) is 0. The van der Waals surface area contributed by atoms with Crippen LogP contribution in [0, 0.1) is 11.3 Å². The first-order chi connectivity index (χ1) is 15.6. The van der Waals surface area contributed by atoms with E-state index in [0.717, 1.165) is 16.5 Å². The molecule has 3 aromatic carbocycles. The average molecular weight is 428 g/mol. The highest BCUT2D eigenvalue weighted by Crippen LogP contribution is 2.33.